The minimum atomic E-state index is -0.530. The van der Waals surface area contributed by atoms with Gasteiger partial charge in [0.2, 0.25) is 0 Å². The molecule has 2 atom stereocenters. The van der Waals surface area contributed by atoms with Crippen molar-refractivity contribution in [3.63, 3.8) is 0 Å². The number of fused-ring (bicyclic) bond motifs is 5. The molecule has 0 fully saturated rings. The molecule has 0 saturated carbocycles. The predicted molar refractivity (Wildman–Crippen MR) is 133 cm³/mol. The Morgan fingerprint density at radius 2 is 1.58 bits per heavy atom. The van der Waals surface area contributed by atoms with Gasteiger partial charge in [0.15, 0.2) is 11.6 Å². The fourth-order valence-electron chi connectivity index (χ4n) is 4.71. The Kier molecular flexibility index (Phi) is 4.84. The molecule has 2 aromatic heterocycles. The van der Waals surface area contributed by atoms with Crippen molar-refractivity contribution in [2.45, 2.75) is 12.1 Å². The molecule has 7 heteroatoms. The number of aromatic nitrogens is 3. The largest absolute Gasteiger partial charge is 0.332 e. The second-order valence-electron chi connectivity index (χ2n) is 8.03. The van der Waals surface area contributed by atoms with Crippen LogP contribution in [0.15, 0.2) is 85.1 Å². The molecule has 0 saturated heterocycles. The van der Waals surface area contributed by atoms with E-state index in [0.717, 1.165) is 28.1 Å². The summed E-state index contributed by atoms with van der Waals surface area (Å²) in [6.07, 6.45) is 1.94. The van der Waals surface area contributed by atoms with Gasteiger partial charge in [0, 0.05) is 16.8 Å². The van der Waals surface area contributed by atoms with Gasteiger partial charge in [-0.15, -0.1) is 0 Å². The summed E-state index contributed by atoms with van der Waals surface area (Å²) < 4.78 is 4.11. The van der Waals surface area contributed by atoms with Crippen LogP contribution in [0.5, 0.6) is 0 Å². The number of carbonyl (C=O) groups excluding carboxylic acids is 1. The molecular weight excluding hydrogens is 477 g/mol. The zero-order chi connectivity index (χ0) is 22.7. The van der Waals surface area contributed by atoms with Crippen LogP contribution in [0.3, 0.4) is 0 Å². The van der Waals surface area contributed by atoms with Gasteiger partial charge in [-0.1, -0.05) is 77.3 Å². The average Bonchev–Trinajstić information content (AvgIpc) is 3.44. The fourth-order valence-corrected chi connectivity index (χ4v) is 5.15. The van der Waals surface area contributed by atoms with Gasteiger partial charge in [0.25, 0.3) is 0 Å². The molecule has 3 heterocycles. The normalized spacial score (nSPS) is 17.1. The predicted octanol–water partition coefficient (Wildman–Crippen LogP) is 7.49. The molecule has 162 valence electrons. The van der Waals surface area contributed by atoms with Gasteiger partial charge >= 0.3 is 0 Å². The van der Waals surface area contributed by atoms with Crippen LogP contribution < -0.4 is 0 Å². The number of imidazole rings is 1. The van der Waals surface area contributed by atoms with E-state index in [0.29, 0.717) is 20.6 Å². The topological polar surface area (TPSA) is 39.8 Å². The molecular formula is C26H16Cl3N3O. The molecule has 3 aromatic carbocycles. The first kappa shape index (κ1) is 20.5. The SMILES string of the molecule is O=C(c1ccccc1)[C@@H]1[C@@H](c2ccc(Cl)cc2)n2c(nc3cc(Cl)c(Cl)cc32)-c2cccn21. The zero-order valence-electron chi connectivity index (χ0n) is 17.1. The van der Waals surface area contributed by atoms with E-state index in [1.54, 1.807) is 6.07 Å². The Hall–Kier alpha value is -3.05. The smallest absolute Gasteiger partial charge is 0.188 e. The van der Waals surface area contributed by atoms with E-state index in [1.807, 2.05) is 83.6 Å². The molecule has 33 heavy (non-hydrogen) atoms. The molecule has 5 aromatic rings. The van der Waals surface area contributed by atoms with Crippen molar-refractivity contribution in [1.82, 2.24) is 14.1 Å². The molecule has 0 amide bonds. The van der Waals surface area contributed by atoms with E-state index in [1.165, 1.54) is 0 Å². The number of ketones is 1. The summed E-state index contributed by atoms with van der Waals surface area (Å²) >= 11 is 18.9. The number of hydrogen-bond acceptors (Lipinski definition) is 2. The third-order valence-electron chi connectivity index (χ3n) is 6.15. The number of carbonyl (C=O) groups is 1. The van der Waals surface area contributed by atoms with E-state index in [2.05, 4.69) is 4.57 Å². The number of rotatable bonds is 3. The Bertz CT molecular complexity index is 1520. The van der Waals surface area contributed by atoms with Gasteiger partial charge in [-0.3, -0.25) is 4.79 Å². The van der Waals surface area contributed by atoms with Crippen molar-refractivity contribution in [2.24, 2.45) is 0 Å². The second-order valence-corrected chi connectivity index (χ2v) is 9.28. The highest BCUT2D eigenvalue weighted by Crippen LogP contribution is 2.46. The molecule has 0 aliphatic carbocycles. The lowest BCUT2D eigenvalue weighted by atomic mass is 9.90. The van der Waals surface area contributed by atoms with Crippen molar-refractivity contribution in [2.75, 3.05) is 0 Å². The summed E-state index contributed by atoms with van der Waals surface area (Å²) in [5, 5.41) is 1.51. The van der Waals surface area contributed by atoms with Crippen molar-refractivity contribution in [1.29, 1.82) is 0 Å². The minimum absolute atomic E-state index is 0.0144. The van der Waals surface area contributed by atoms with Gasteiger partial charge < -0.3 is 9.13 Å². The summed E-state index contributed by atoms with van der Waals surface area (Å²) in [6, 6.07) is 23.6. The zero-order valence-corrected chi connectivity index (χ0v) is 19.4. The van der Waals surface area contributed by atoms with Crippen LogP contribution in [0.25, 0.3) is 22.6 Å². The highest BCUT2D eigenvalue weighted by molar-refractivity contribution is 6.42. The number of Topliss-reactive ketones (excluding diaryl/α,β-unsaturated/α-hetero) is 1. The Labute approximate surface area is 205 Å². The summed E-state index contributed by atoms with van der Waals surface area (Å²) in [5.41, 5.74) is 3.99. The first-order valence-electron chi connectivity index (χ1n) is 10.4. The van der Waals surface area contributed by atoms with Gasteiger partial charge in [0.05, 0.1) is 32.8 Å². The van der Waals surface area contributed by atoms with Crippen molar-refractivity contribution in [3.8, 4) is 11.5 Å². The van der Waals surface area contributed by atoms with E-state index in [9.17, 15) is 4.79 Å². The lowest BCUT2D eigenvalue weighted by molar-refractivity contribution is 0.0895. The van der Waals surface area contributed by atoms with Crippen molar-refractivity contribution < 1.29 is 4.79 Å². The van der Waals surface area contributed by atoms with Crippen LogP contribution in [0.2, 0.25) is 15.1 Å². The lowest BCUT2D eigenvalue weighted by Crippen LogP contribution is -2.34. The maximum Gasteiger partial charge on any atom is 0.188 e. The van der Waals surface area contributed by atoms with Crippen molar-refractivity contribution in [3.05, 3.63) is 111 Å². The van der Waals surface area contributed by atoms with Crippen LogP contribution in [0, 0.1) is 0 Å². The second kappa shape index (κ2) is 7.77. The Morgan fingerprint density at radius 1 is 0.848 bits per heavy atom. The first-order chi connectivity index (χ1) is 16.0. The number of hydrogen-bond donors (Lipinski definition) is 0. The van der Waals surface area contributed by atoms with E-state index >= 15 is 0 Å². The fraction of sp³-hybridized carbons (Fsp3) is 0.0769. The summed E-state index contributed by atoms with van der Waals surface area (Å²) in [6.45, 7) is 0. The molecule has 0 bridgehead atoms. The molecule has 6 rings (SSSR count). The molecule has 0 unspecified atom stereocenters. The van der Waals surface area contributed by atoms with Crippen LogP contribution in [0.4, 0.5) is 0 Å². The monoisotopic (exact) mass is 491 g/mol. The quantitative estimate of drug-likeness (QED) is 0.245. The van der Waals surface area contributed by atoms with Crippen molar-refractivity contribution >= 4 is 51.6 Å². The summed E-state index contributed by atoms with van der Waals surface area (Å²) in [4.78, 5) is 18.9. The molecule has 1 aliphatic rings. The van der Waals surface area contributed by atoms with E-state index in [-0.39, 0.29) is 11.8 Å². The third kappa shape index (κ3) is 3.21. The summed E-state index contributed by atoms with van der Waals surface area (Å²) in [7, 11) is 0. The number of benzene rings is 3. The van der Waals surface area contributed by atoms with Gasteiger partial charge in [-0.2, -0.15) is 0 Å². The van der Waals surface area contributed by atoms with Crippen LogP contribution in [-0.2, 0) is 0 Å². The first-order valence-corrected chi connectivity index (χ1v) is 11.6. The third-order valence-corrected chi connectivity index (χ3v) is 7.13. The standard InChI is InChI=1S/C26H16Cl3N3O/c27-17-10-8-15(9-11-17)23-24(25(33)16-5-2-1-3-6-16)31-12-4-7-21(31)26-30-20-13-18(28)19(29)14-22(20)32(23)26/h1-14,23-24H/t23-,24+/m1/s1. The average molecular weight is 493 g/mol. The van der Waals surface area contributed by atoms with E-state index in [4.69, 9.17) is 39.8 Å². The molecule has 0 radical (unpaired) electrons. The van der Waals surface area contributed by atoms with E-state index < -0.39 is 6.04 Å². The van der Waals surface area contributed by atoms with Gasteiger partial charge in [-0.05, 0) is 42.0 Å². The number of nitrogens with zero attached hydrogens (tertiary/aromatic N) is 3. The van der Waals surface area contributed by atoms with Crippen LogP contribution in [-0.4, -0.2) is 19.9 Å². The molecule has 4 nitrogen and oxygen atoms in total. The van der Waals surface area contributed by atoms with Gasteiger partial charge in [-0.25, -0.2) is 4.98 Å². The maximum absolute atomic E-state index is 14.0. The Morgan fingerprint density at radius 3 is 2.33 bits per heavy atom. The molecule has 0 N–H and O–H groups in total. The van der Waals surface area contributed by atoms with Crippen LogP contribution in [0.1, 0.15) is 28.0 Å². The maximum atomic E-state index is 14.0. The Balaban J connectivity index is 1.68. The molecule has 0 spiro atoms. The van der Waals surface area contributed by atoms with Crippen LogP contribution >= 0.6 is 34.8 Å². The highest BCUT2D eigenvalue weighted by atomic mass is 35.5. The lowest BCUT2D eigenvalue weighted by Gasteiger charge is -2.36. The minimum Gasteiger partial charge on any atom is -0.332 e. The van der Waals surface area contributed by atoms with Gasteiger partial charge in [0.1, 0.15) is 6.04 Å². The number of halogens is 3. The molecule has 1 aliphatic heterocycles. The highest BCUT2D eigenvalue weighted by Gasteiger charge is 2.40. The summed E-state index contributed by atoms with van der Waals surface area (Å²) in [5.74, 6) is 0.769.